The third-order valence-electron chi connectivity index (χ3n) is 5.53. The van der Waals surface area contributed by atoms with Crippen LogP contribution in [0.1, 0.15) is 65.6 Å². The Morgan fingerprint density at radius 1 is 1.27 bits per heavy atom. The summed E-state index contributed by atoms with van der Waals surface area (Å²) < 4.78 is 22.8. The molecule has 1 aromatic rings. The van der Waals surface area contributed by atoms with Crippen LogP contribution in [-0.4, -0.2) is 59.4 Å². The Labute approximate surface area is 202 Å². The highest BCUT2D eigenvalue weighted by molar-refractivity contribution is 9.10. The zero-order valence-electron chi connectivity index (χ0n) is 20.1. The number of hydrogen-bond acceptors (Lipinski definition) is 8. The summed E-state index contributed by atoms with van der Waals surface area (Å²) in [6.45, 7) is 10.9. The van der Waals surface area contributed by atoms with Gasteiger partial charge in [0.05, 0.1) is 29.6 Å². The van der Waals surface area contributed by atoms with Gasteiger partial charge < -0.3 is 23.7 Å². The standard InChI is InChI=1S/C23H34BrNO8/c1-13(2)20-23(5,6)33-22(29)25(20)21(28)14(3)19(31-15(4)27)18-12-16(24)17(32-18)8-7-10-30-11-9-26/h12-14,19-20,26H,7-11H2,1-6H3. The van der Waals surface area contributed by atoms with Crippen LogP contribution < -0.4 is 0 Å². The van der Waals surface area contributed by atoms with Crippen LogP contribution in [0, 0.1) is 11.8 Å². The molecule has 2 heterocycles. The first-order valence-corrected chi connectivity index (χ1v) is 11.9. The van der Waals surface area contributed by atoms with Crippen molar-refractivity contribution in [3.63, 3.8) is 0 Å². The number of amides is 2. The lowest BCUT2D eigenvalue weighted by atomic mass is 9.88. The first kappa shape index (κ1) is 27.3. The second kappa shape index (κ2) is 11.5. The fourth-order valence-corrected chi connectivity index (χ4v) is 4.76. The summed E-state index contributed by atoms with van der Waals surface area (Å²) in [5.41, 5.74) is -0.837. The number of aliphatic hydroxyl groups excluding tert-OH is 1. The van der Waals surface area contributed by atoms with Gasteiger partial charge in [0.2, 0.25) is 5.91 Å². The molecule has 3 atom stereocenters. The summed E-state index contributed by atoms with van der Waals surface area (Å²) in [6, 6.07) is 1.21. The Hall–Kier alpha value is -1.91. The number of cyclic esters (lactones) is 1. The van der Waals surface area contributed by atoms with Crippen LogP contribution in [0.25, 0.3) is 0 Å². The molecule has 1 fully saturated rings. The number of hydrogen-bond donors (Lipinski definition) is 1. The van der Waals surface area contributed by atoms with E-state index >= 15 is 0 Å². The van der Waals surface area contributed by atoms with Crippen molar-refractivity contribution in [2.24, 2.45) is 11.8 Å². The van der Waals surface area contributed by atoms with E-state index in [1.54, 1.807) is 26.8 Å². The fourth-order valence-electron chi connectivity index (χ4n) is 4.26. The molecule has 3 unspecified atom stereocenters. The average Bonchev–Trinajstić information content (AvgIpc) is 3.19. The van der Waals surface area contributed by atoms with Gasteiger partial charge in [0.1, 0.15) is 17.1 Å². The van der Waals surface area contributed by atoms with Gasteiger partial charge in [-0.3, -0.25) is 9.59 Å². The van der Waals surface area contributed by atoms with Crippen molar-refractivity contribution in [1.29, 1.82) is 0 Å². The Morgan fingerprint density at radius 3 is 2.52 bits per heavy atom. The van der Waals surface area contributed by atoms with Gasteiger partial charge in [-0.15, -0.1) is 0 Å². The molecule has 2 rings (SSSR count). The second-order valence-electron chi connectivity index (χ2n) is 9.05. The number of carbonyl (C=O) groups excluding carboxylic acids is 3. The summed E-state index contributed by atoms with van der Waals surface area (Å²) in [5, 5.41) is 8.78. The lowest BCUT2D eigenvalue weighted by molar-refractivity contribution is -0.155. The molecule has 1 N–H and O–H groups in total. The lowest BCUT2D eigenvalue weighted by Crippen LogP contribution is -2.50. The van der Waals surface area contributed by atoms with Crippen LogP contribution in [0.3, 0.4) is 0 Å². The molecule has 2 amide bonds. The van der Waals surface area contributed by atoms with Crippen molar-refractivity contribution >= 4 is 33.9 Å². The first-order valence-electron chi connectivity index (χ1n) is 11.1. The molecule has 186 valence electrons. The molecule has 0 spiro atoms. The number of rotatable bonds is 11. The molecule has 33 heavy (non-hydrogen) atoms. The van der Waals surface area contributed by atoms with Crippen molar-refractivity contribution in [2.75, 3.05) is 19.8 Å². The van der Waals surface area contributed by atoms with Crippen LogP contribution in [0.15, 0.2) is 15.0 Å². The minimum Gasteiger partial charge on any atom is -0.461 e. The maximum atomic E-state index is 13.5. The number of esters is 1. The van der Waals surface area contributed by atoms with Crippen molar-refractivity contribution in [3.05, 3.63) is 22.1 Å². The summed E-state index contributed by atoms with van der Waals surface area (Å²) in [7, 11) is 0. The number of carbonyl (C=O) groups is 3. The van der Waals surface area contributed by atoms with Crippen LogP contribution >= 0.6 is 15.9 Å². The van der Waals surface area contributed by atoms with Crippen LogP contribution in [0.2, 0.25) is 0 Å². The van der Waals surface area contributed by atoms with Gasteiger partial charge in [-0.2, -0.15) is 0 Å². The van der Waals surface area contributed by atoms with Crippen LogP contribution in [-0.2, 0) is 30.2 Å². The molecule has 1 aliphatic rings. The quantitative estimate of drug-likeness (QED) is 0.336. The van der Waals surface area contributed by atoms with Gasteiger partial charge in [0.15, 0.2) is 6.10 Å². The maximum absolute atomic E-state index is 13.5. The van der Waals surface area contributed by atoms with E-state index in [4.69, 9.17) is 23.7 Å². The third-order valence-corrected chi connectivity index (χ3v) is 6.20. The van der Waals surface area contributed by atoms with Crippen molar-refractivity contribution in [3.8, 4) is 0 Å². The van der Waals surface area contributed by atoms with E-state index in [9.17, 15) is 14.4 Å². The second-order valence-corrected chi connectivity index (χ2v) is 9.90. The molecule has 0 radical (unpaired) electrons. The summed E-state index contributed by atoms with van der Waals surface area (Å²) >= 11 is 3.46. The molecule has 0 aliphatic carbocycles. The minimum atomic E-state index is -1.02. The Kier molecular flexibility index (Phi) is 9.51. The van der Waals surface area contributed by atoms with Crippen molar-refractivity contribution < 1.29 is 38.1 Å². The molecule has 1 aliphatic heterocycles. The highest BCUT2D eigenvalue weighted by Gasteiger charge is 2.53. The van der Waals surface area contributed by atoms with Crippen LogP contribution in [0.5, 0.6) is 0 Å². The third kappa shape index (κ3) is 6.58. The number of nitrogens with zero attached hydrogens (tertiary/aromatic N) is 1. The molecule has 1 aromatic heterocycles. The van der Waals surface area contributed by atoms with Gasteiger partial charge in [-0.25, -0.2) is 9.69 Å². The van der Waals surface area contributed by atoms with Crippen molar-refractivity contribution in [2.45, 2.75) is 72.1 Å². The summed E-state index contributed by atoms with van der Waals surface area (Å²) in [4.78, 5) is 39.1. The number of halogens is 1. The van der Waals surface area contributed by atoms with Gasteiger partial charge in [0.25, 0.3) is 0 Å². The summed E-state index contributed by atoms with van der Waals surface area (Å²) in [5.74, 6) is -1.08. The number of ether oxygens (including phenoxy) is 3. The zero-order chi connectivity index (χ0) is 24.9. The molecular weight excluding hydrogens is 498 g/mol. The molecule has 1 saturated heterocycles. The number of furan rings is 1. The zero-order valence-corrected chi connectivity index (χ0v) is 21.6. The molecule has 0 aromatic carbocycles. The Balaban J connectivity index is 2.26. The SMILES string of the molecule is CC(=O)OC(c1cc(Br)c(CCCOCCO)o1)C(C)C(=O)N1C(=O)OC(C)(C)C1C(C)C. The number of aliphatic hydroxyl groups is 1. The van der Waals surface area contributed by atoms with E-state index in [0.29, 0.717) is 35.4 Å². The Bertz CT molecular complexity index is 850. The maximum Gasteiger partial charge on any atom is 0.417 e. The highest BCUT2D eigenvalue weighted by atomic mass is 79.9. The van der Waals surface area contributed by atoms with E-state index in [2.05, 4.69) is 15.9 Å². The lowest BCUT2D eigenvalue weighted by Gasteiger charge is -2.33. The largest absolute Gasteiger partial charge is 0.461 e. The Morgan fingerprint density at radius 2 is 1.94 bits per heavy atom. The topological polar surface area (TPSA) is 116 Å². The highest BCUT2D eigenvalue weighted by Crippen LogP contribution is 2.38. The predicted molar refractivity (Wildman–Crippen MR) is 122 cm³/mol. The molecule has 10 heteroatoms. The van der Waals surface area contributed by atoms with E-state index in [1.165, 1.54) is 6.92 Å². The van der Waals surface area contributed by atoms with Crippen LogP contribution in [0.4, 0.5) is 4.79 Å². The summed E-state index contributed by atoms with van der Waals surface area (Å²) in [6.07, 6.45) is -0.525. The first-order chi connectivity index (χ1) is 15.4. The fraction of sp³-hybridized carbons (Fsp3) is 0.696. The van der Waals surface area contributed by atoms with Gasteiger partial charge in [-0.1, -0.05) is 13.8 Å². The van der Waals surface area contributed by atoms with Gasteiger partial charge >= 0.3 is 12.1 Å². The van der Waals surface area contributed by atoms with Gasteiger partial charge in [0, 0.05) is 20.0 Å². The van der Waals surface area contributed by atoms with E-state index in [1.807, 2.05) is 13.8 Å². The van der Waals surface area contributed by atoms with E-state index in [-0.39, 0.29) is 19.1 Å². The molecule has 9 nitrogen and oxygen atoms in total. The van der Waals surface area contributed by atoms with Crippen molar-refractivity contribution in [1.82, 2.24) is 4.90 Å². The van der Waals surface area contributed by atoms with E-state index in [0.717, 1.165) is 4.90 Å². The molecule has 0 bridgehead atoms. The van der Waals surface area contributed by atoms with E-state index < -0.39 is 41.6 Å². The molecular formula is C23H34BrNO8. The predicted octanol–water partition coefficient (Wildman–Crippen LogP) is 4.01. The monoisotopic (exact) mass is 531 g/mol. The average molecular weight is 532 g/mol. The minimum absolute atomic E-state index is 0.0350. The van der Waals surface area contributed by atoms with Gasteiger partial charge in [-0.05, 0) is 55.1 Å². The normalized spacial score (nSPS) is 19.5. The number of aryl methyl sites for hydroxylation is 1. The molecule has 0 saturated carbocycles. The number of imide groups is 1. The smallest absolute Gasteiger partial charge is 0.417 e.